The molecule has 1 amide bonds. The van der Waals surface area contributed by atoms with Gasteiger partial charge in [0.2, 0.25) is 5.91 Å². The van der Waals surface area contributed by atoms with E-state index in [1.807, 2.05) is 36.2 Å². The van der Waals surface area contributed by atoms with Gasteiger partial charge in [-0.2, -0.15) is 0 Å². The van der Waals surface area contributed by atoms with Crippen LogP contribution >= 0.6 is 0 Å². The molecule has 1 saturated heterocycles. The molecule has 3 rings (SSSR count). The fourth-order valence-corrected chi connectivity index (χ4v) is 3.11. The molecule has 2 aromatic rings. The molecule has 2 heterocycles. The zero-order valence-electron chi connectivity index (χ0n) is 14.2. The topological polar surface area (TPSA) is 75.3 Å². The van der Waals surface area contributed by atoms with E-state index in [1.165, 1.54) is 0 Å². The van der Waals surface area contributed by atoms with Crippen molar-refractivity contribution >= 4 is 22.6 Å². The zero-order valence-corrected chi connectivity index (χ0v) is 14.2. The maximum Gasteiger partial charge on any atom is 0.222 e. The lowest BCUT2D eigenvalue weighted by molar-refractivity contribution is -0.133. The molecule has 24 heavy (non-hydrogen) atoms. The highest BCUT2D eigenvalue weighted by atomic mass is 16.2. The molecule has 0 bridgehead atoms. The van der Waals surface area contributed by atoms with Crippen LogP contribution in [0.2, 0.25) is 0 Å². The highest BCUT2D eigenvalue weighted by molar-refractivity contribution is 5.89. The summed E-state index contributed by atoms with van der Waals surface area (Å²) in [4.78, 5) is 25.3. The van der Waals surface area contributed by atoms with Crippen molar-refractivity contribution in [2.24, 2.45) is 5.73 Å². The molecule has 1 aliphatic rings. The Balaban J connectivity index is 1.80. The summed E-state index contributed by atoms with van der Waals surface area (Å²) >= 11 is 0. The van der Waals surface area contributed by atoms with Crippen LogP contribution in [0, 0.1) is 0 Å². The normalized spacial score (nSPS) is 15.1. The largest absolute Gasteiger partial charge is 0.357 e. The van der Waals surface area contributed by atoms with Crippen LogP contribution < -0.4 is 10.6 Å². The number of anilines is 1. The van der Waals surface area contributed by atoms with Crippen molar-refractivity contribution in [2.45, 2.75) is 25.7 Å². The predicted molar refractivity (Wildman–Crippen MR) is 96.0 cm³/mol. The van der Waals surface area contributed by atoms with Gasteiger partial charge in [-0.15, -0.1) is 0 Å². The van der Waals surface area contributed by atoms with Crippen molar-refractivity contribution in [1.82, 2.24) is 14.9 Å². The van der Waals surface area contributed by atoms with Crippen molar-refractivity contribution in [1.29, 1.82) is 0 Å². The van der Waals surface area contributed by atoms with Crippen molar-refractivity contribution in [3.63, 3.8) is 0 Å². The number of nitrogens with two attached hydrogens (primary N) is 1. The van der Waals surface area contributed by atoms with Crippen LogP contribution in [0.3, 0.4) is 0 Å². The van der Waals surface area contributed by atoms with Gasteiger partial charge < -0.3 is 15.5 Å². The Morgan fingerprint density at radius 3 is 2.88 bits per heavy atom. The van der Waals surface area contributed by atoms with Crippen LogP contribution in [0.5, 0.6) is 0 Å². The van der Waals surface area contributed by atoms with Crippen molar-refractivity contribution in [3.05, 3.63) is 30.1 Å². The average Bonchev–Trinajstić information content (AvgIpc) is 2.60. The molecule has 1 aromatic heterocycles. The van der Waals surface area contributed by atoms with Gasteiger partial charge in [-0.25, -0.2) is 9.97 Å². The molecule has 0 radical (unpaired) electrons. The molecule has 2 N–H and O–H groups in total. The van der Waals surface area contributed by atoms with Gasteiger partial charge in [0, 0.05) is 44.9 Å². The molecule has 0 spiro atoms. The number of carbonyl (C=O) groups is 1. The number of likely N-dealkylation sites (N-methyl/N-ethyl adjacent to an activating group) is 1. The van der Waals surface area contributed by atoms with Gasteiger partial charge in [-0.05, 0) is 31.5 Å². The molecule has 6 nitrogen and oxygen atoms in total. The maximum atomic E-state index is 12.0. The monoisotopic (exact) mass is 327 g/mol. The predicted octanol–water partition coefficient (Wildman–Crippen LogP) is 1.58. The van der Waals surface area contributed by atoms with E-state index < -0.39 is 0 Å². The number of carbonyl (C=O) groups excluding carboxylic acids is 1. The first-order valence-electron chi connectivity index (χ1n) is 8.63. The Kier molecular flexibility index (Phi) is 5.25. The zero-order chi connectivity index (χ0) is 16.9. The van der Waals surface area contributed by atoms with Gasteiger partial charge in [0.25, 0.3) is 0 Å². The Morgan fingerprint density at radius 2 is 2.08 bits per heavy atom. The minimum atomic E-state index is 0.269. The van der Waals surface area contributed by atoms with Gasteiger partial charge in [0.15, 0.2) is 0 Å². The number of likely N-dealkylation sites (tertiary alicyclic amines) is 1. The lowest BCUT2D eigenvalue weighted by atomic mass is 10.1. The number of hydrogen-bond acceptors (Lipinski definition) is 5. The highest BCUT2D eigenvalue weighted by Crippen LogP contribution is 2.23. The number of para-hydroxylation sites is 1. The van der Waals surface area contributed by atoms with E-state index in [0.717, 1.165) is 55.0 Å². The first-order valence-corrected chi connectivity index (χ1v) is 8.63. The molecule has 6 heteroatoms. The summed E-state index contributed by atoms with van der Waals surface area (Å²) in [5, 5.41) is 1.03. The number of piperidine rings is 1. The summed E-state index contributed by atoms with van der Waals surface area (Å²) in [6.07, 6.45) is 3.47. The molecular weight excluding hydrogens is 302 g/mol. The van der Waals surface area contributed by atoms with E-state index in [4.69, 9.17) is 10.7 Å². The summed E-state index contributed by atoms with van der Waals surface area (Å²) < 4.78 is 0. The van der Waals surface area contributed by atoms with Gasteiger partial charge in [-0.3, -0.25) is 4.79 Å². The van der Waals surface area contributed by atoms with E-state index in [0.29, 0.717) is 19.4 Å². The Labute approximate surface area is 142 Å². The smallest absolute Gasteiger partial charge is 0.222 e. The fourth-order valence-electron chi connectivity index (χ4n) is 3.11. The average molecular weight is 327 g/mol. The quantitative estimate of drug-likeness (QED) is 0.872. The van der Waals surface area contributed by atoms with E-state index in [9.17, 15) is 4.79 Å². The van der Waals surface area contributed by atoms with Gasteiger partial charge in [0.1, 0.15) is 11.6 Å². The number of amides is 1. The van der Waals surface area contributed by atoms with Crippen LogP contribution in [0.4, 0.5) is 5.82 Å². The second-order valence-corrected chi connectivity index (χ2v) is 6.28. The Morgan fingerprint density at radius 1 is 1.25 bits per heavy atom. The van der Waals surface area contributed by atoms with E-state index in [2.05, 4.69) is 9.88 Å². The summed E-state index contributed by atoms with van der Waals surface area (Å²) in [5.74, 6) is 1.95. The highest BCUT2D eigenvalue weighted by Gasteiger charge is 2.19. The van der Waals surface area contributed by atoms with Crippen LogP contribution in [0.25, 0.3) is 10.9 Å². The molecule has 0 atom stereocenters. The molecule has 1 aliphatic heterocycles. The van der Waals surface area contributed by atoms with Crippen LogP contribution in [0.1, 0.15) is 25.1 Å². The number of fused-ring (bicyclic) bond motifs is 1. The van der Waals surface area contributed by atoms with Gasteiger partial charge in [-0.1, -0.05) is 12.1 Å². The molecule has 0 unspecified atom stereocenters. The van der Waals surface area contributed by atoms with Crippen LogP contribution in [0.15, 0.2) is 24.3 Å². The maximum absolute atomic E-state index is 12.0. The van der Waals surface area contributed by atoms with Crippen LogP contribution in [-0.2, 0) is 11.2 Å². The molecule has 0 saturated carbocycles. The molecule has 1 aromatic carbocycles. The standard InChI is InChI=1S/C18H25N5O/c1-22(12-13-23-11-5-4-8-17(23)24)18-14-6-2-3-7-15(14)20-16(21-18)9-10-19/h2-3,6-7H,4-5,8-13,19H2,1H3. The van der Waals surface area contributed by atoms with Gasteiger partial charge >= 0.3 is 0 Å². The number of nitrogens with zero attached hydrogens (tertiary/aromatic N) is 4. The number of hydrogen-bond donors (Lipinski definition) is 1. The molecular formula is C18H25N5O. The molecule has 1 fully saturated rings. The lowest BCUT2D eigenvalue weighted by Crippen LogP contribution is -2.40. The van der Waals surface area contributed by atoms with E-state index in [1.54, 1.807) is 0 Å². The van der Waals surface area contributed by atoms with Crippen molar-refractivity contribution in [3.8, 4) is 0 Å². The third-order valence-electron chi connectivity index (χ3n) is 4.49. The summed E-state index contributed by atoms with van der Waals surface area (Å²) in [5.41, 5.74) is 6.60. The molecule has 128 valence electrons. The number of aromatic nitrogens is 2. The second-order valence-electron chi connectivity index (χ2n) is 6.28. The molecule has 0 aliphatic carbocycles. The number of benzene rings is 1. The van der Waals surface area contributed by atoms with E-state index >= 15 is 0 Å². The van der Waals surface area contributed by atoms with E-state index in [-0.39, 0.29) is 5.91 Å². The first-order chi connectivity index (χ1) is 11.7. The minimum absolute atomic E-state index is 0.269. The third kappa shape index (κ3) is 3.64. The van der Waals surface area contributed by atoms with Crippen molar-refractivity contribution in [2.75, 3.05) is 38.1 Å². The summed E-state index contributed by atoms with van der Waals surface area (Å²) in [7, 11) is 2.02. The number of rotatable bonds is 6. The SMILES string of the molecule is CN(CCN1CCCCC1=O)c1nc(CCN)nc2ccccc12. The van der Waals surface area contributed by atoms with Crippen LogP contribution in [-0.4, -0.2) is 54.0 Å². The van der Waals surface area contributed by atoms with Crippen molar-refractivity contribution < 1.29 is 4.79 Å². The summed E-state index contributed by atoms with van der Waals surface area (Å²) in [6, 6.07) is 8.03. The summed E-state index contributed by atoms with van der Waals surface area (Å²) in [6.45, 7) is 2.90. The third-order valence-corrected chi connectivity index (χ3v) is 4.49. The first kappa shape index (κ1) is 16.6. The Bertz CT molecular complexity index is 718. The fraction of sp³-hybridized carbons (Fsp3) is 0.500. The Hall–Kier alpha value is -2.21. The van der Waals surface area contributed by atoms with Gasteiger partial charge in [0.05, 0.1) is 5.52 Å². The minimum Gasteiger partial charge on any atom is -0.357 e. The lowest BCUT2D eigenvalue weighted by Gasteiger charge is -2.29. The second kappa shape index (κ2) is 7.57.